The zero-order valence-electron chi connectivity index (χ0n) is 14.2. The summed E-state index contributed by atoms with van der Waals surface area (Å²) in [5.74, 6) is -0.0168. The topological polar surface area (TPSA) is 34.0 Å². The average Bonchev–Trinajstić information content (AvgIpc) is 3.19. The SMILES string of the molecule is Cc1cc(C(=O)NC(C)c2ccccc2)c(C)n1Cc1cccs1. The molecule has 24 heavy (non-hydrogen) atoms. The van der Waals surface area contributed by atoms with Crippen molar-refractivity contribution in [1.82, 2.24) is 9.88 Å². The van der Waals surface area contributed by atoms with Crippen LogP contribution in [0.2, 0.25) is 0 Å². The van der Waals surface area contributed by atoms with Crippen molar-refractivity contribution in [1.29, 1.82) is 0 Å². The molecule has 0 aliphatic heterocycles. The second-order valence-corrected chi connectivity index (χ2v) is 7.09. The molecule has 124 valence electrons. The fourth-order valence-corrected chi connectivity index (χ4v) is 3.62. The summed E-state index contributed by atoms with van der Waals surface area (Å²) in [5, 5.41) is 5.19. The van der Waals surface area contributed by atoms with E-state index in [0.717, 1.165) is 29.1 Å². The molecular formula is C20H22N2OS. The van der Waals surface area contributed by atoms with Crippen LogP contribution in [0.3, 0.4) is 0 Å². The summed E-state index contributed by atoms with van der Waals surface area (Å²) >= 11 is 1.74. The average molecular weight is 338 g/mol. The quantitative estimate of drug-likeness (QED) is 0.718. The van der Waals surface area contributed by atoms with Crippen molar-refractivity contribution in [3.05, 3.63) is 81.3 Å². The molecule has 3 nitrogen and oxygen atoms in total. The molecule has 1 amide bonds. The van der Waals surface area contributed by atoms with Gasteiger partial charge in [0.1, 0.15) is 0 Å². The maximum atomic E-state index is 12.7. The van der Waals surface area contributed by atoms with E-state index in [2.05, 4.69) is 34.3 Å². The molecule has 0 saturated carbocycles. The molecule has 0 fully saturated rings. The van der Waals surface area contributed by atoms with Crippen LogP contribution in [0.4, 0.5) is 0 Å². The summed E-state index contributed by atoms with van der Waals surface area (Å²) in [6, 6.07) is 16.2. The Morgan fingerprint density at radius 2 is 1.92 bits per heavy atom. The van der Waals surface area contributed by atoms with Crippen molar-refractivity contribution in [2.24, 2.45) is 0 Å². The van der Waals surface area contributed by atoms with Gasteiger partial charge >= 0.3 is 0 Å². The first-order valence-electron chi connectivity index (χ1n) is 8.11. The van der Waals surface area contributed by atoms with Crippen LogP contribution >= 0.6 is 11.3 Å². The molecule has 1 aromatic carbocycles. The molecule has 1 N–H and O–H groups in total. The molecule has 0 aliphatic rings. The minimum atomic E-state index is -0.0168. The summed E-state index contributed by atoms with van der Waals surface area (Å²) in [4.78, 5) is 14.0. The van der Waals surface area contributed by atoms with E-state index in [1.54, 1.807) is 11.3 Å². The first-order valence-corrected chi connectivity index (χ1v) is 8.99. The number of thiophene rings is 1. The van der Waals surface area contributed by atoms with Gasteiger partial charge in [-0.15, -0.1) is 11.3 Å². The molecule has 1 atom stereocenters. The third-order valence-corrected chi connectivity index (χ3v) is 5.22. The Labute approximate surface area is 147 Å². The summed E-state index contributed by atoms with van der Waals surface area (Å²) in [6.07, 6.45) is 0. The van der Waals surface area contributed by atoms with Crippen molar-refractivity contribution in [2.45, 2.75) is 33.4 Å². The van der Waals surface area contributed by atoms with Crippen LogP contribution in [0.15, 0.2) is 53.9 Å². The van der Waals surface area contributed by atoms with Crippen LogP contribution in [0, 0.1) is 13.8 Å². The van der Waals surface area contributed by atoms with Crippen molar-refractivity contribution >= 4 is 17.2 Å². The number of carbonyl (C=O) groups is 1. The number of benzene rings is 1. The van der Waals surface area contributed by atoms with E-state index >= 15 is 0 Å². The van der Waals surface area contributed by atoms with Gasteiger partial charge in [-0.1, -0.05) is 36.4 Å². The lowest BCUT2D eigenvalue weighted by Gasteiger charge is -2.14. The highest BCUT2D eigenvalue weighted by atomic mass is 32.1. The molecule has 3 rings (SSSR count). The number of hydrogen-bond acceptors (Lipinski definition) is 2. The Kier molecular flexibility index (Phi) is 4.86. The smallest absolute Gasteiger partial charge is 0.253 e. The second-order valence-electron chi connectivity index (χ2n) is 6.06. The predicted molar refractivity (Wildman–Crippen MR) is 99.7 cm³/mol. The second kappa shape index (κ2) is 7.05. The minimum absolute atomic E-state index is 0.0148. The molecule has 0 spiro atoms. The molecule has 0 saturated heterocycles. The summed E-state index contributed by atoms with van der Waals surface area (Å²) in [5.41, 5.74) is 3.99. The number of nitrogens with zero attached hydrogens (tertiary/aromatic N) is 1. The minimum Gasteiger partial charge on any atom is -0.345 e. The van der Waals surface area contributed by atoms with Gasteiger partial charge in [-0.25, -0.2) is 0 Å². The van der Waals surface area contributed by atoms with Gasteiger partial charge in [0.25, 0.3) is 5.91 Å². The van der Waals surface area contributed by atoms with E-state index in [9.17, 15) is 4.79 Å². The standard InChI is InChI=1S/C20H22N2OS/c1-14-12-19(16(3)22(14)13-18-10-7-11-24-18)20(23)21-15(2)17-8-5-4-6-9-17/h4-12,15H,13H2,1-3H3,(H,21,23). The molecule has 2 heterocycles. The normalized spacial score (nSPS) is 12.1. The van der Waals surface area contributed by atoms with E-state index < -0.39 is 0 Å². The predicted octanol–water partition coefficient (Wildman–Crippen LogP) is 4.71. The van der Waals surface area contributed by atoms with Crippen molar-refractivity contribution in [3.63, 3.8) is 0 Å². The highest BCUT2D eigenvalue weighted by Gasteiger charge is 2.18. The van der Waals surface area contributed by atoms with Gasteiger partial charge in [-0.05, 0) is 43.8 Å². The van der Waals surface area contributed by atoms with Crippen LogP contribution in [0.5, 0.6) is 0 Å². The van der Waals surface area contributed by atoms with Gasteiger partial charge in [0.15, 0.2) is 0 Å². The van der Waals surface area contributed by atoms with Gasteiger partial charge in [0.2, 0.25) is 0 Å². The molecule has 1 unspecified atom stereocenters. The van der Waals surface area contributed by atoms with Gasteiger partial charge in [-0.3, -0.25) is 4.79 Å². The van der Waals surface area contributed by atoms with Gasteiger partial charge in [-0.2, -0.15) is 0 Å². The summed E-state index contributed by atoms with van der Waals surface area (Å²) in [7, 11) is 0. The Bertz CT molecular complexity index is 819. The van der Waals surface area contributed by atoms with Crippen LogP contribution in [-0.4, -0.2) is 10.5 Å². The van der Waals surface area contributed by atoms with E-state index in [4.69, 9.17) is 0 Å². The first kappa shape index (κ1) is 16.5. The first-order chi connectivity index (χ1) is 11.6. The fraction of sp³-hybridized carbons (Fsp3) is 0.250. The van der Waals surface area contributed by atoms with Crippen molar-refractivity contribution in [2.75, 3.05) is 0 Å². The maximum absolute atomic E-state index is 12.7. The Balaban J connectivity index is 1.78. The number of aromatic nitrogens is 1. The van der Waals surface area contributed by atoms with E-state index in [1.807, 2.05) is 50.2 Å². The number of carbonyl (C=O) groups excluding carboxylic acids is 1. The molecular weight excluding hydrogens is 316 g/mol. The van der Waals surface area contributed by atoms with Crippen LogP contribution in [-0.2, 0) is 6.54 Å². The highest BCUT2D eigenvalue weighted by molar-refractivity contribution is 7.09. The number of rotatable bonds is 5. The van der Waals surface area contributed by atoms with E-state index in [-0.39, 0.29) is 11.9 Å². The summed E-state index contributed by atoms with van der Waals surface area (Å²) < 4.78 is 2.20. The number of nitrogens with one attached hydrogen (secondary N) is 1. The van der Waals surface area contributed by atoms with Crippen LogP contribution < -0.4 is 5.32 Å². The van der Waals surface area contributed by atoms with Crippen molar-refractivity contribution < 1.29 is 4.79 Å². The highest BCUT2D eigenvalue weighted by Crippen LogP contribution is 2.20. The lowest BCUT2D eigenvalue weighted by atomic mass is 10.1. The Hall–Kier alpha value is -2.33. The zero-order chi connectivity index (χ0) is 17.1. The Morgan fingerprint density at radius 3 is 2.58 bits per heavy atom. The lowest BCUT2D eigenvalue weighted by molar-refractivity contribution is 0.0939. The molecule has 0 aliphatic carbocycles. The molecule has 0 bridgehead atoms. The molecule has 4 heteroatoms. The number of aryl methyl sites for hydroxylation is 1. The van der Waals surface area contributed by atoms with E-state index in [1.165, 1.54) is 4.88 Å². The van der Waals surface area contributed by atoms with Gasteiger partial charge < -0.3 is 9.88 Å². The fourth-order valence-electron chi connectivity index (χ4n) is 2.93. The molecule has 3 aromatic rings. The van der Waals surface area contributed by atoms with E-state index in [0.29, 0.717) is 0 Å². The zero-order valence-corrected chi connectivity index (χ0v) is 15.1. The summed E-state index contributed by atoms with van der Waals surface area (Å²) in [6.45, 7) is 6.90. The number of hydrogen-bond donors (Lipinski definition) is 1. The number of amides is 1. The van der Waals surface area contributed by atoms with Crippen molar-refractivity contribution in [3.8, 4) is 0 Å². The lowest BCUT2D eigenvalue weighted by Crippen LogP contribution is -2.27. The largest absolute Gasteiger partial charge is 0.345 e. The maximum Gasteiger partial charge on any atom is 0.253 e. The van der Waals surface area contributed by atoms with Crippen LogP contribution in [0.1, 0.15) is 45.2 Å². The molecule has 2 aromatic heterocycles. The van der Waals surface area contributed by atoms with Gasteiger partial charge in [0.05, 0.1) is 18.2 Å². The third-order valence-electron chi connectivity index (χ3n) is 4.36. The monoisotopic (exact) mass is 338 g/mol. The Morgan fingerprint density at radius 1 is 1.17 bits per heavy atom. The van der Waals surface area contributed by atoms with Crippen LogP contribution in [0.25, 0.3) is 0 Å². The van der Waals surface area contributed by atoms with Gasteiger partial charge in [0, 0.05) is 16.3 Å². The molecule has 0 radical (unpaired) electrons. The third kappa shape index (κ3) is 3.44.